The second-order valence-electron chi connectivity index (χ2n) is 3.46. The van der Waals surface area contributed by atoms with Gasteiger partial charge in [-0.1, -0.05) is 0 Å². The SMILES string of the molecule is Cn1ncc2c1C(C(=O)O)CCC2. The van der Waals surface area contributed by atoms with Crippen molar-refractivity contribution in [3.63, 3.8) is 0 Å². The number of aliphatic carboxylic acids is 1. The van der Waals surface area contributed by atoms with Gasteiger partial charge in [-0.3, -0.25) is 9.48 Å². The molecule has 2 rings (SSSR count). The summed E-state index contributed by atoms with van der Waals surface area (Å²) >= 11 is 0. The van der Waals surface area contributed by atoms with Crippen molar-refractivity contribution in [3.05, 3.63) is 17.5 Å². The molecule has 0 saturated carbocycles. The van der Waals surface area contributed by atoms with Gasteiger partial charge >= 0.3 is 5.97 Å². The summed E-state index contributed by atoms with van der Waals surface area (Å²) in [6, 6.07) is 0. The van der Waals surface area contributed by atoms with Gasteiger partial charge < -0.3 is 5.11 Å². The maximum Gasteiger partial charge on any atom is 0.312 e. The number of aromatic nitrogens is 2. The predicted octanol–water partition coefficient (Wildman–Crippen LogP) is 0.925. The number of carbonyl (C=O) groups is 1. The molecule has 1 atom stereocenters. The molecule has 0 aliphatic heterocycles. The van der Waals surface area contributed by atoms with E-state index in [1.165, 1.54) is 0 Å². The minimum absolute atomic E-state index is 0.351. The molecule has 1 unspecified atom stereocenters. The molecule has 4 heteroatoms. The summed E-state index contributed by atoms with van der Waals surface area (Å²) in [5, 5.41) is 13.1. The van der Waals surface area contributed by atoms with Crippen molar-refractivity contribution in [1.29, 1.82) is 0 Å². The number of hydrogen-bond acceptors (Lipinski definition) is 2. The third-order valence-corrected chi connectivity index (χ3v) is 2.63. The molecule has 0 bridgehead atoms. The highest BCUT2D eigenvalue weighted by atomic mass is 16.4. The van der Waals surface area contributed by atoms with Crippen LogP contribution in [0.15, 0.2) is 6.20 Å². The van der Waals surface area contributed by atoms with Gasteiger partial charge in [0.05, 0.1) is 17.8 Å². The summed E-state index contributed by atoms with van der Waals surface area (Å²) in [5.74, 6) is -1.08. The molecular formula is C9H12N2O2. The molecule has 1 aliphatic carbocycles. The van der Waals surface area contributed by atoms with Gasteiger partial charge in [-0.2, -0.15) is 5.10 Å². The molecule has 70 valence electrons. The molecule has 1 aliphatic rings. The fourth-order valence-electron chi connectivity index (χ4n) is 2.01. The van der Waals surface area contributed by atoms with Crippen LogP contribution in [0.2, 0.25) is 0 Å². The van der Waals surface area contributed by atoms with Crippen LogP contribution in [0.4, 0.5) is 0 Å². The maximum atomic E-state index is 10.9. The highest BCUT2D eigenvalue weighted by Gasteiger charge is 2.29. The van der Waals surface area contributed by atoms with Crippen LogP contribution in [0.5, 0.6) is 0 Å². The van der Waals surface area contributed by atoms with Gasteiger partial charge in [0.1, 0.15) is 0 Å². The quantitative estimate of drug-likeness (QED) is 0.699. The van der Waals surface area contributed by atoms with Gasteiger partial charge in [0, 0.05) is 7.05 Å². The molecular weight excluding hydrogens is 168 g/mol. The molecule has 0 aromatic carbocycles. The fraction of sp³-hybridized carbons (Fsp3) is 0.556. The average molecular weight is 180 g/mol. The second-order valence-corrected chi connectivity index (χ2v) is 3.46. The Bertz CT molecular complexity index is 343. The van der Waals surface area contributed by atoms with Gasteiger partial charge in [-0.25, -0.2) is 0 Å². The van der Waals surface area contributed by atoms with E-state index in [1.807, 2.05) is 0 Å². The Balaban J connectivity index is 2.46. The summed E-state index contributed by atoms with van der Waals surface area (Å²) < 4.78 is 1.69. The molecule has 0 amide bonds. The number of carboxylic acid groups (broad SMARTS) is 1. The molecule has 0 spiro atoms. The van der Waals surface area contributed by atoms with Gasteiger partial charge in [-0.15, -0.1) is 0 Å². The third-order valence-electron chi connectivity index (χ3n) is 2.63. The Kier molecular flexibility index (Phi) is 1.83. The smallest absolute Gasteiger partial charge is 0.312 e. The predicted molar refractivity (Wildman–Crippen MR) is 46.5 cm³/mol. The molecule has 4 nitrogen and oxygen atoms in total. The second kappa shape index (κ2) is 2.87. The average Bonchev–Trinajstić information content (AvgIpc) is 2.48. The zero-order valence-electron chi connectivity index (χ0n) is 7.53. The Morgan fingerprint density at radius 3 is 3.23 bits per heavy atom. The Morgan fingerprint density at radius 2 is 2.54 bits per heavy atom. The normalized spacial score (nSPS) is 21.2. The highest BCUT2D eigenvalue weighted by molar-refractivity contribution is 5.76. The van der Waals surface area contributed by atoms with Crippen LogP contribution in [0, 0.1) is 0 Å². The van der Waals surface area contributed by atoms with Crippen LogP contribution in [0.25, 0.3) is 0 Å². The van der Waals surface area contributed by atoms with Gasteiger partial charge in [-0.05, 0) is 24.8 Å². The minimum atomic E-state index is -0.732. The lowest BCUT2D eigenvalue weighted by Gasteiger charge is -2.19. The van der Waals surface area contributed by atoms with Gasteiger partial charge in [0.25, 0.3) is 0 Å². The first kappa shape index (κ1) is 8.29. The number of carboxylic acids is 1. The first-order valence-electron chi connectivity index (χ1n) is 4.43. The molecule has 1 aromatic heterocycles. The molecule has 1 N–H and O–H groups in total. The zero-order valence-corrected chi connectivity index (χ0v) is 7.53. The lowest BCUT2D eigenvalue weighted by Crippen LogP contribution is -2.20. The third kappa shape index (κ3) is 1.22. The lowest BCUT2D eigenvalue weighted by atomic mass is 9.88. The van der Waals surface area contributed by atoms with E-state index in [-0.39, 0.29) is 5.92 Å². The van der Waals surface area contributed by atoms with Crippen LogP contribution in [0.1, 0.15) is 30.0 Å². The highest BCUT2D eigenvalue weighted by Crippen LogP contribution is 2.30. The van der Waals surface area contributed by atoms with E-state index in [9.17, 15) is 4.79 Å². The number of rotatable bonds is 1. The first-order valence-corrected chi connectivity index (χ1v) is 4.43. The molecule has 0 radical (unpaired) electrons. The van der Waals surface area contributed by atoms with Gasteiger partial charge in [0.15, 0.2) is 0 Å². The standard InChI is InChI=1S/C9H12N2O2/c1-11-8-6(5-10-11)3-2-4-7(8)9(12)13/h5,7H,2-4H2,1H3,(H,12,13). The fourth-order valence-corrected chi connectivity index (χ4v) is 2.01. The first-order chi connectivity index (χ1) is 6.20. The number of fused-ring (bicyclic) bond motifs is 1. The minimum Gasteiger partial charge on any atom is -0.481 e. The van der Waals surface area contributed by atoms with E-state index in [4.69, 9.17) is 5.11 Å². The number of nitrogens with zero attached hydrogens (tertiary/aromatic N) is 2. The summed E-state index contributed by atoms with van der Waals surface area (Å²) in [6.45, 7) is 0. The summed E-state index contributed by atoms with van der Waals surface area (Å²) in [5.41, 5.74) is 1.99. The Hall–Kier alpha value is -1.32. The summed E-state index contributed by atoms with van der Waals surface area (Å²) in [4.78, 5) is 10.9. The molecule has 13 heavy (non-hydrogen) atoms. The monoisotopic (exact) mass is 180 g/mol. The van der Waals surface area contributed by atoms with Crippen molar-refractivity contribution in [2.24, 2.45) is 7.05 Å². The van der Waals surface area contributed by atoms with E-state index in [1.54, 1.807) is 17.9 Å². The largest absolute Gasteiger partial charge is 0.481 e. The van der Waals surface area contributed by atoms with Crippen molar-refractivity contribution in [2.75, 3.05) is 0 Å². The maximum absolute atomic E-state index is 10.9. The van der Waals surface area contributed by atoms with Gasteiger partial charge in [0.2, 0.25) is 0 Å². The molecule has 1 heterocycles. The van der Waals surface area contributed by atoms with Crippen LogP contribution < -0.4 is 0 Å². The molecule has 0 fully saturated rings. The lowest BCUT2D eigenvalue weighted by molar-refractivity contribution is -0.139. The van der Waals surface area contributed by atoms with Crippen LogP contribution >= 0.6 is 0 Å². The molecule has 0 saturated heterocycles. The van der Waals surface area contributed by atoms with E-state index in [0.717, 1.165) is 30.5 Å². The summed E-state index contributed by atoms with van der Waals surface area (Å²) in [6.07, 6.45) is 4.44. The van der Waals surface area contributed by atoms with Crippen molar-refractivity contribution in [3.8, 4) is 0 Å². The zero-order chi connectivity index (χ0) is 9.42. The topological polar surface area (TPSA) is 55.1 Å². The van der Waals surface area contributed by atoms with E-state index < -0.39 is 5.97 Å². The molecule has 1 aromatic rings. The van der Waals surface area contributed by atoms with Crippen molar-refractivity contribution >= 4 is 5.97 Å². The van der Waals surface area contributed by atoms with E-state index >= 15 is 0 Å². The van der Waals surface area contributed by atoms with Crippen molar-refractivity contribution in [2.45, 2.75) is 25.2 Å². The van der Waals surface area contributed by atoms with E-state index in [2.05, 4.69) is 5.10 Å². The summed E-state index contributed by atoms with van der Waals surface area (Å²) in [7, 11) is 1.81. The van der Waals surface area contributed by atoms with Crippen molar-refractivity contribution in [1.82, 2.24) is 9.78 Å². The van der Waals surface area contributed by atoms with Crippen LogP contribution in [0.3, 0.4) is 0 Å². The van der Waals surface area contributed by atoms with Crippen molar-refractivity contribution < 1.29 is 9.90 Å². The number of hydrogen-bond donors (Lipinski definition) is 1. The number of aryl methyl sites for hydroxylation is 2. The Morgan fingerprint density at radius 1 is 1.77 bits per heavy atom. The van der Waals surface area contributed by atoms with E-state index in [0.29, 0.717) is 0 Å². The van der Waals surface area contributed by atoms with Crippen LogP contribution in [-0.2, 0) is 18.3 Å². The van der Waals surface area contributed by atoms with Crippen LogP contribution in [-0.4, -0.2) is 20.9 Å². The Labute approximate surface area is 76.2 Å².